The minimum absolute atomic E-state index is 0.0984. The number of rotatable bonds is 0. The Hall–Kier alpha value is -2.00. The van der Waals surface area contributed by atoms with E-state index in [9.17, 15) is 5.11 Å². The van der Waals surface area contributed by atoms with Crippen LogP contribution >= 0.6 is 0 Å². The van der Waals surface area contributed by atoms with E-state index >= 15 is 0 Å². The molecule has 1 aromatic heterocycles. The van der Waals surface area contributed by atoms with Gasteiger partial charge in [0.2, 0.25) is 0 Å². The Morgan fingerprint density at radius 1 is 0.926 bits per heavy atom. The van der Waals surface area contributed by atoms with Crippen LogP contribution in [0.1, 0.15) is 56.1 Å². The number of aliphatic hydroxyl groups excluding tert-OH is 1. The molecule has 6 rings (SSSR count). The molecule has 2 aromatic carbocycles. The molecule has 0 aliphatic heterocycles. The maximum Gasteiger partial charge on any atom is 0.0897 e. The third-order valence-electron chi connectivity index (χ3n) is 8.13. The number of aryl methyl sites for hydroxylation is 1. The van der Waals surface area contributed by atoms with Crippen molar-refractivity contribution in [2.45, 2.75) is 57.5 Å². The molecule has 3 aliphatic rings. The minimum Gasteiger partial charge on any atom is -0.393 e. The third-order valence-corrected chi connectivity index (χ3v) is 8.13. The van der Waals surface area contributed by atoms with Gasteiger partial charge in [0.15, 0.2) is 0 Å². The van der Waals surface area contributed by atoms with Crippen molar-refractivity contribution < 1.29 is 5.11 Å². The van der Waals surface area contributed by atoms with Gasteiger partial charge >= 0.3 is 0 Å². The average Bonchev–Trinajstić information content (AvgIpc) is 2.99. The summed E-state index contributed by atoms with van der Waals surface area (Å²) >= 11 is 0. The number of hydrogen-bond acceptors (Lipinski definition) is 3. The molecule has 3 aliphatic carbocycles. The van der Waals surface area contributed by atoms with Gasteiger partial charge in [0.1, 0.15) is 0 Å². The zero-order chi connectivity index (χ0) is 18.2. The lowest BCUT2D eigenvalue weighted by atomic mass is 9.55. The predicted octanol–water partition coefficient (Wildman–Crippen LogP) is 5.00. The number of aliphatic hydroxyl groups is 1. The third kappa shape index (κ3) is 2.18. The van der Waals surface area contributed by atoms with Crippen LogP contribution in [-0.2, 0) is 6.42 Å². The minimum atomic E-state index is -0.0984. The van der Waals surface area contributed by atoms with Crippen molar-refractivity contribution in [3.63, 3.8) is 0 Å². The van der Waals surface area contributed by atoms with E-state index in [1.54, 1.807) is 0 Å². The van der Waals surface area contributed by atoms with Crippen LogP contribution in [0.4, 0.5) is 0 Å². The van der Waals surface area contributed by atoms with Gasteiger partial charge in [0.05, 0.1) is 28.2 Å². The molecule has 0 bridgehead atoms. The van der Waals surface area contributed by atoms with E-state index in [1.165, 1.54) is 30.4 Å². The van der Waals surface area contributed by atoms with Crippen molar-refractivity contribution in [2.24, 2.45) is 17.3 Å². The Balaban J connectivity index is 1.47. The summed E-state index contributed by atoms with van der Waals surface area (Å²) in [5, 5.41) is 10.6. The molecule has 27 heavy (non-hydrogen) atoms. The number of nitrogens with zero attached hydrogens (tertiary/aromatic N) is 2. The van der Waals surface area contributed by atoms with Crippen LogP contribution in [0.25, 0.3) is 22.1 Å². The number of benzene rings is 2. The fraction of sp³-hybridized carbons (Fsp3) is 0.500. The molecule has 0 spiro atoms. The Bertz CT molecular complexity index is 1060. The van der Waals surface area contributed by atoms with Crippen LogP contribution in [0.2, 0.25) is 0 Å². The van der Waals surface area contributed by atoms with Crippen molar-refractivity contribution >= 4 is 22.1 Å². The zero-order valence-electron chi connectivity index (χ0n) is 15.9. The molecule has 0 amide bonds. The highest BCUT2D eigenvalue weighted by molar-refractivity contribution is 5.87. The van der Waals surface area contributed by atoms with E-state index in [0.717, 1.165) is 47.2 Å². The summed E-state index contributed by atoms with van der Waals surface area (Å²) in [5.74, 6) is 2.03. The maximum absolute atomic E-state index is 10.6. The van der Waals surface area contributed by atoms with Gasteiger partial charge in [0, 0.05) is 0 Å². The first-order chi connectivity index (χ1) is 13.1. The van der Waals surface area contributed by atoms with Crippen molar-refractivity contribution in [1.29, 1.82) is 0 Å². The lowest BCUT2D eigenvalue weighted by molar-refractivity contribution is -0.0225. The van der Waals surface area contributed by atoms with Crippen LogP contribution in [0, 0.1) is 17.3 Å². The maximum atomic E-state index is 10.6. The summed E-state index contributed by atoms with van der Waals surface area (Å²) in [4.78, 5) is 9.78. The summed E-state index contributed by atoms with van der Waals surface area (Å²) in [6, 6.07) is 12.8. The van der Waals surface area contributed by atoms with Crippen molar-refractivity contribution in [3.05, 3.63) is 47.5 Å². The van der Waals surface area contributed by atoms with Crippen molar-refractivity contribution in [1.82, 2.24) is 9.97 Å². The highest BCUT2D eigenvalue weighted by Gasteiger charge is 2.54. The predicted molar refractivity (Wildman–Crippen MR) is 108 cm³/mol. The van der Waals surface area contributed by atoms with Gasteiger partial charge in [-0.15, -0.1) is 0 Å². The second kappa shape index (κ2) is 5.51. The summed E-state index contributed by atoms with van der Waals surface area (Å²) < 4.78 is 0. The molecule has 0 radical (unpaired) electrons. The van der Waals surface area contributed by atoms with Gasteiger partial charge in [-0.1, -0.05) is 19.1 Å². The number of para-hydroxylation sites is 2. The Morgan fingerprint density at radius 2 is 1.67 bits per heavy atom. The topological polar surface area (TPSA) is 46.0 Å². The van der Waals surface area contributed by atoms with E-state index < -0.39 is 0 Å². The van der Waals surface area contributed by atoms with Crippen LogP contribution in [0.3, 0.4) is 0 Å². The van der Waals surface area contributed by atoms with Crippen LogP contribution in [-0.4, -0.2) is 21.2 Å². The Morgan fingerprint density at radius 3 is 2.44 bits per heavy atom. The van der Waals surface area contributed by atoms with Gasteiger partial charge in [-0.05, 0) is 97.1 Å². The van der Waals surface area contributed by atoms with Gasteiger partial charge in [0.25, 0.3) is 0 Å². The molecule has 3 nitrogen and oxygen atoms in total. The summed E-state index contributed by atoms with van der Waals surface area (Å²) in [6.07, 6.45) is 6.85. The lowest BCUT2D eigenvalue weighted by Crippen LogP contribution is -2.43. The van der Waals surface area contributed by atoms with Crippen LogP contribution in [0.15, 0.2) is 36.4 Å². The number of fused-ring (bicyclic) bond motifs is 7. The van der Waals surface area contributed by atoms with E-state index in [0.29, 0.717) is 11.8 Å². The van der Waals surface area contributed by atoms with Gasteiger partial charge < -0.3 is 5.11 Å². The molecule has 138 valence electrons. The highest BCUT2D eigenvalue weighted by atomic mass is 16.3. The van der Waals surface area contributed by atoms with E-state index in [4.69, 9.17) is 9.97 Å². The molecule has 2 fully saturated rings. The molecule has 3 heteroatoms. The number of aromatic nitrogens is 2. The molecule has 5 atom stereocenters. The summed E-state index contributed by atoms with van der Waals surface area (Å²) in [7, 11) is 0. The second-order valence-corrected chi connectivity index (χ2v) is 9.31. The summed E-state index contributed by atoms with van der Waals surface area (Å²) in [6.45, 7) is 2.35. The smallest absolute Gasteiger partial charge is 0.0897 e. The molecule has 2 saturated carbocycles. The van der Waals surface area contributed by atoms with Gasteiger partial charge in [-0.2, -0.15) is 0 Å². The number of hydrogen-bond donors (Lipinski definition) is 1. The van der Waals surface area contributed by atoms with Crippen molar-refractivity contribution in [3.8, 4) is 0 Å². The standard InChI is InChI=1S/C24H26N2O/c1-24-11-10-15-16(18(24)8-9-23(24)27)7-6-14-12-21-22(13-17(14)15)26-20-5-3-2-4-19(20)25-21/h2-5,12-13,15-16,18,23,27H,6-11H2,1H3/t15-,16+,18-,23-,24-/m0/s1. The molecular weight excluding hydrogens is 332 g/mol. The first-order valence-corrected chi connectivity index (χ1v) is 10.5. The SMILES string of the molecule is C[C@]12CC[C@@H]3c4cc5nc6ccccc6nc5cc4CC[C@H]3[C@@H]1CC[C@@H]2O. The molecule has 3 aromatic rings. The van der Waals surface area contributed by atoms with E-state index in [-0.39, 0.29) is 11.5 Å². The van der Waals surface area contributed by atoms with Crippen molar-refractivity contribution in [2.75, 3.05) is 0 Å². The molecule has 0 saturated heterocycles. The molecule has 0 unspecified atom stereocenters. The zero-order valence-corrected chi connectivity index (χ0v) is 15.9. The van der Waals surface area contributed by atoms with E-state index in [1.807, 2.05) is 18.2 Å². The fourth-order valence-corrected chi connectivity index (χ4v) is 6.66. The average molecular weight is 358 g/mol. The Kier molecular flexibility index (Phi) is 3.27. The fourth-order valence-electron chi connectivity index (χ4n) is 6.66. The normalized spacial score (nSPS) is 35.0. The van der Waals surface area contributed by atoms with Crippen LogP contribution in [0.5, 0.6) is 0 Å². The molecular formula is C24H26N2O. The van der Waals surface area contributed by atoms with Gasteiger partial charge in [-0.3, -0.25) is 0 Å². The highest BCUT2D eigenvalue weighted by Crippen LogP contribution is 2.60. The quantitative estimate of drug-likeness (QED) is 0.575. The largest absolute Gasteiger partial charge is 0.393 e. The first kappa shape index (κ1) is 16.0. The lowest BCUT2D eigenvalue weighted by Gasteiger charge is -2.50. The Labute approximate surface area is 159 Å². The monoisotopic (exact) mass is 358 g/mol. The second-order valence-electron chi connectivity index (χ2n) is 9.31. The molecule has 1 N–H and O–H groups in total. The first-order valence-electron chi connectivity index (χ1n) is 10.5. The van der Waals surface area contributed by atoms with Crippen LogP contribution < -0.4 is 0 Å². The van der Waals surface area contributed by atoms with E-state index in [2.05, 4.69) is 25.1 Å². The van der Waals surface area contributed by atoms with Gasteiger partial charge in [-0.25, -0.2) is 9.97 Å². The summed E-state index contributed by atoms with van der Waals surface area (Å²) in [5.41, 5.74) is 7.17. The molecule has 1 heterocycles.